The number of hydrogen-bond donors (Lipinski definition) is 1. The lowest BCUT2D eigenvalue weighted by molar-refractivity contribution is 0.174. The Kier molecular flexibility index (Phi) is 3.28. The van der Waals surface area contributed by atoms with Crippen molar-refractivity contribution in [3.63, 3.8) is 0 Å². The van der Waals surface area contributed by atoms with Gasteiger partial charge in [0.05, 0.1) is 12.7 Å². The van der Waals surface area contributed by atoms with E-state index < -0.39 is 0 Å². The van der Waals surface area contributed by atoms with Gasteiger partial charge in [0.25, 0.3) is 0 Å². The lowest BCUT2D eigenvalue weighted by Crippen LogP contribution is -2.01. The fourth-order valence-corrected chi connectivity index (χ4v) is 2.03. The van der Waals surface area contributed by atoms with Gasteiger partial charge in [-0.1, -0.05) is 0 Å². The number of hydrogen-bond acceptors (Lipinski definition) is 6. The minimum absolute atomic E-state index is 0.222. The van der Waals surface area contributed by atoms with Gasteiger partial charge in [0.2, 0.25) is 6.79 Å². The van der Waals surface area contributed by atoms with Gasteiger partial charge in [-0.15, -0.1) is 0 Å². The van der Waals surface area contributed by atoms with E-state index in [1.165, 1.54) is 0 Å². The summed E-state index contributed by atoms with van der Waals surface area (Å²) in [5.41, 5.74) is 0.775. The number of ether oxygens (including phenoxy) is 3. The van der Waals surface area contributed by atoms with Crippen LogP contribution in [0.15, 0.2) is 24.4 Å². The number of benzene rings is 1. The summed E-state index contributed by atoms with van der Waals surface area (Å²) in [6.45, 7) is 3.04. The van der Waals surface area contributed by atoms with Crippen LogP contribution in [0, 0.1) is 0 Å². The molecule has 1 N–H and O–H groups in total. The Balaban J connectivity index is 2.06. The molecule has 6 heteroatoms. The zero-order valence-electron chi connectivity index (χ0n) is 11.3. The summed E-state index contributed by atoms with van der Waals surface area (Å²) < 4.78 is 16.1. The summed E-state index contributed by atoms with van der Waals surface area (Å²) in [6, 6.07) is 5.46. The maximum Gasteiger partial charge on any atom is 0.231 e. The molecule has 0 aliphatic carbocycles. The second kappa shape index (κ2) is 5.24. The number of methoxy groups -OCH3 is 1. The molecule has 1 aliphatic heterocycles. The largest absolute Gasteiger partial charge is 0.496 e. The van der Waals surface area contributed by atoms with E-state index in [0.29, 0.717) is 23.1 Å². The predicted molar refractivity (Wildman–Crippen MR) is 74.3 cm³/mol. The number of fused-ring (bicyclic) bond motifs is 1. The lowest BCUT2D eigenvalue weighted by atomic mass is 10.1. The Morgan fingerprint density at radius 1 is 1.30 bits per heavy atom. The molecule has 0 saturated heterocycles. The highest BCUT2D eigenvalue weighted by Gasteiger charge is 2.20. The molecule has 0 amide bonds. The van der Waals surface area contributed by atoms with Gasteiger partial charge in [-0.2, -0.15) is 0 Å². The van der Waals surface area contributed by atoms with Crippen molar-refractivity contribution in [1.29, 1.82) is 0 Å². The molecule has 0 unspecified atom stereocenters. The van der Waals surface area contributed by atoms with E-state index in [-0.39, 0.29) is 6.79 Å². The standard InChI is InChI=1S/C14H15N3O3/c1-3-15-13-4-5-16-14(17-13)9-6-11-12(20-8-19-11)7-10(9)18-2/h4-7H,3,8H2,1-2H3,(H,15,16,17). The van der Waals surface area contributed by atoms with Crippen molar-refractivity contribution in [2.45, 2.75) is 6.92 Å². The van der Waals surface area contributed by atoms with Crippen molar-refractivity contribution >= 4 is 5.82 Å². The van der Waals surface area contributed by atoms with Gasteiger partial charge < -0.3 is 19.5 Å². The average Bonchev–Trinajstić information content (AvgIpc) is 2.93. The van der Waals surface area contributed by atoms with Crippen molar-refractivity contribution in [2.24, 2.45) is 0 Å². The fourth-order valence-electron chi connectivity index (χ4n) is 2.03. The van der Waals surface area contributed by atoms with E-state index in [4.69, 9.17) is 14.2 Å². The topological polar surface area (TPSA) is 65.5 Å². The van der Waals surface area contributed by atoms with Crippen molar-refractivity contribution in [2.75, 3.05) is 25.8 Å². The zero-order valence-corrected chi connectivity index (χ0v) is 11.3. The van der Waals surface area contributed by atoms with Crippen molar-refractivity contribution in [3.05, 3.63) is 24.4 Å². The van der Waals surface area contributed by atoms with Crippen LogP contribution < -0.4 is 19.5 Å². The van der Waals surface area contributed by atoms with Crippen LogP contribution in [0.5, 0.6) is 17.2 Å². The predicted octanol–water partition coefficient (Wildman–Crippen LogP) is 2.31. The first kappa shape index (κ1) is 12.5. The maximum atomic E-state index is 5.39. The normalized spacial score (nSPS) is 12.3. The molecule has 3 rings (SSSR count). The van der Waals surface area contributed by atoms with Crippen LogP contribution >= 0.6 is 0 Å². The first-order chi connectivity index (χ1) is 9.81. The summed E-state index contributed by atoms with van der Waals surface area (Å²) in [6.07, 6.45) is 1.71. The minimum Gasteiger partial charge on any atom is -0.496 e. The molecule has 20 heavy (non-hydrogen) atoms. The van der Waals surface area contributed by atoms with Gasteiger partial charge in [0, 0.05) is 18.8 Å². The van der Waals surface area contributed by atoms with Crippen LogP contribution in [-0.2, 0) is 0 Å². The molecule has 104 valence electrons. The third kappa shape index (κ3) is 2.20. The molecule has 0 fully saturated rings. The zero-order chi connectivity index (χ0) is 13.9. The van der Waals surface area contributed by atoms with E-state index in [1.54, 1.807) is 19.4 Å². The molecule has 6 nitrogen and oxygen atoms in total. The van der Waals surface area contributed by atoms with Crippen LogP contribution in [0.2, 0.25) is 0 Å². The molecule has 1 aliphatic rings. The highest BCUT2D eigenvalue weighted by Crippen LogP contribution is 2.41. The third-order valence-electron chi connectivity index (χ3n) is 2.95. The van der Waals surface area contributed by atoms with Crippen molar-refractivity contribution in [3.8, 4) is 28.6 Å². The smallest absolute Gasteiger partial charge is 0.231 e. The highest BCUT2D eigenvalue weighted by atomic mass is 16.7. The third-order valence-corrected chi connectivity index (χ3v) is 2.95. The first-order valence-corrected chi connectivity index (χ1v) is 6.36. The van der Waals surface area contributed by atoms with Crippen LogP contribution in [0.1, 0.15) is 6.92 Å². The van der Waals surface area contributed by atoms with Gasteiger partial charge in [0.1, 0.15) is 11.6 Å². The number of anilines is 1. The Labute approximate surface area is 116 Å². The Hall–Kier alpha value is -2.50. The molecular weight excluding hydrogens is 258 g/mol. The van der Waals surface area contributed by atoms with E-state index in [0.717, 1.165) is 17.9 Å². The van der Waals surface area contributed by atoms with E-state index >= 15 is 0 Å². The summed E-state index contributed by atoms with van der Waals surface area (Å²) >= 11 is 0. The SMILES string of the molecule is CCNc1ccnc(-c2cc3c(cc2OC)OCO3)n1. The summed E-state index contributed by atoms with van der Waals surface area (Å²) in [4.78, 5) is 8.77. The van der Waals surface area contributed by atoms with E-state index in [2.05, 4.69) is 15.3 Å². The molecule has 2 heterocycles. The monoisotopic (exact) mass is 273 g/mol. The molecule has 0 atom stereocenters. The summed E-state index contributed by atoms with van der Waals surface area (Å²) in [7, 11) is 1.61. The van der Waals surface area contributed by atoms with Crippen molar-refractivity contribution < 1.29 is 14.2 Å². The second-order valence-electron chi connectivity index (χ2n) is 4.20. The molecular formula is C14H15N3O3. The van der Waals surface area contributed by atoms with Gasteiger partial charge in [-0.3, -0.25) is 0 Å². The number of rotatable bonds is 4. The van der Waals surface area contributed by atoms with Gasteiger partial charge in [-0.25, -0.2) is 9.97 Å². The molecule has 0 radical (unpaired) electrons. The highest BCUT2D eigenvalue weighted by molar-refractivity contribution is 5.70. The van der Waals surface area contributed by atoms with Crippen LogP contribution in [0.4, 0.5) is 5.82 Å². The van der Waals surface area contributed by atoms with E-state index in [1.807, 2.05) is 19.1 Å². The van der Waals surface area contributed by atoms with Crippen LogP contribution in [0.25, 0.3) is 11.4 Å². The molecule has 1 aromatic heterocycles. The molecule has 0 saturated carbocycles. The van der Waals surface area contributed by atoms with Gasteiger partial charge in [0.15, 0.2) is 17.3 Å². The first-order valence-electron chi connectivity index (χ1n) is 6.36. The molecule has 0 bridgehead atoms. The average molecular weight is 273 g/mol. The maximum absolute atomic E-state index is 5.39. The number of nitrogens with one attached hydrogen (secondary N) is 1. The van der Waals surface area contributed by atoms with Crippen molar-refractivity contribution in [1.82, 2.24) is 9.97 Å². The van der Waals surface area contributed by atoms with Crippen LogP contribution in [-0.4, -0.2) is 30.4 Å². The lowest BCUT2D eigenvalue weighted by Gasteiger charge is -2.10. The van der Waals surface area contributed by atoms with Gasteiger partial charge >= 0.3 is 0 Å². The Bertz CT molecular complexity index is 631. The summed E-state index contributed by atoms with van der Waals surface area (Å²) in [5, 5.41) is 3.16. The molecule has 0 spiro atoms. The molecule has 2 aromatic rings. The van der Waals surface area contributed by atoms with Gasteiger partial charge in [-0.05, 0) is 19.1 Å². The number of nitrogens with zero attached hydrogens (tertiary/aromatic N) is 2. The van der Waals surface area contributed by atoms with Crippen LogP contribution in [0.3, 0.4) is 0 Å². The molecule has 1 aromatic carbocycles. The second-order valence-corrected chi connectivity index (χ2v) is 4.20. The minimum atomic E-state index is 0.222. The quantitative estimate of drug-likeness (QED) is 0.922. The Morgan fingerprint density at radius 2 is 2.10 bits per heavy atom. The fraction of sp³-hybridized carbons (Fsp3) is 0.286. The number of aromatic nitrogens is 2. The Morgan fingerprint density at radius 3 is 2.85 bits per heavy atom. The summed E-state index contributed by atoms with van der Waals surface area (Å²) in [5.74, 6) is 3.37. The van der Waals surface area contributed by atoms with E-state index in [9.17, 15) is 0 Å².